The molecule has 0 atom stereocenters. The van der Waals surface area contributed by atoms with Gasteiger partial charge in [-0.2, -0.15) is 0 Å². The number of carbonyl (C=O) groups is 1. The number of benzene rings is 1. The molecule has 0 heterocycles. The van der Waals surface area contributed by atoms with Crippen molar-refractivity contribution in [1.82, 2.24) is 0 Å². The largest absolute Gasteiger partial charge is 0.493 e. The number of ketones is 1. The first-order valence-electron chi connectivity index (χ1n) is 6.99. The number of rotatable bonds is 5. The highest BCUT2D eigenvalue weighted by Gasteiger charge is 2.40. The molecular weight excluding hydrogens is 256 g/mol. The van der Waals surface area contributed by atoms with E-state index in [4.69, 9.17) is 14.2 Å². The Balaban J connectivity index is 2.32. The number of hydrogen-bond acceptors (Lipinski definition) is 4. The highest BCUT2D eigenvalue weighted by atomic mass is 16.5. The van der Waals surface area contributed by atoms with Gasteiger partial charge >= 0.3 is 0 Å². The second kappa shape index (κ2) is 6.27. The van der Waals surface area contributed by atoms with Crippen molar-refractivity contribution in [3.63, 3.8) is 0 Å². The molecule has 0 saturated heterocycles. The summed E-state index contributed by atoms with van der Waals surface area (Å²) in [6, 6.07) is 5.27. The maximum atomic E-state index is 12.8. The van der Waals surface area contributed by atoms with Crippen molar-refractivity contribution >= 4 is 5.78 Å². The molecule has 0 amide bonds. The molecule has 1 aliphatic carbocycles. The molecule has 1 aliphatic rings. The van der Waals surface area contributed by atoms with E-state index in [0.717, 1.165) is 25.7 Å². The molecular formula is C16H22O4. The van der Waals surface area contributed by atoms with Crippen LogP contribution in [0.25, 0.3) is 0 Å². The lowest BCUT2D eigenvalue weighted by molar-refractivity contribution is -0.0194. The fraction of sp³-hybridized carbons (Fsp3) is 0.562. The van der Waals surface area contributed by atoms with E-state index < -0.39 is 5.60 Å². The van der Waals surface area contributed by atoms with Crippen molar-refractivity contribution in [3.05, 3.63) is 23.8 Å². The van der Waals surface area contributed by atoms with Gasteiger partial charge in [0.2, 0.25) is 0 Å². The summed E-state index contributed by atoms with van der Waals surface area (Å²) in [4.78, 5) is 12.8. The summed E-state index contributed by atoms with van der Waals surface area (Å²) in [6.07, 6.45) is 4.82. The Morgan fingerprint density at radius 3 is 2.20 bits per heavy atom. The van der Waals surface area contributed by atoms with Gasteiger partial charge in [-0.05, 0) is 31.0 Å². The third-order valence-electron chi connectivity index (χ3n) is 4.11. The van der Waals surface area contributed by atoms with Gasteiger partial charge in [0, 0.05) is 12.7 Å². The van der Waals surface area contributed by atoms with Crippen molar-refractivity contribution in [2.75, 3.05) is 21.3 Å². The Morgan fingerprint density at radius 1 is 1.00 bits per heavy atom. The first-order chi connectivity index (χ1) is 9.66. The van der Waals surface area contributed by atoms with E-state index in [-0.39, 0.29) is 5.78 Å². The molecule has 110 valence electrons. The van der Waals surface area contributed by atoms with Crippen LogP contribution in [0.15, 0.2) is 18.2 Å². The van der Waals surface area contributed by atoms with E-state index in [9.17, 15) is 4.79 Å². The van der Waals surface area contributed by atoms with Crippen LogP contribution in [0.4, 0.5) is 0 Å². The van der Waals surface area contributed by atoms with Gasteiger partial charge in [0.05, 0.1) is 14.2 Å². The Morgan fingerprint density at radius 2 is 1.65 bits per heavy atom. The molecule has 0 bridgehead atoms. The van der Waals surface area contributed by atoms with Crippen LogP contribution in [0.5, 0.6) is 11.5 Å². The van der Waals surface area contributed by atoms with Gasteiger partial charge in [-0.3, -0.25) is 4.79 Å². The molecule has 1 aromatic carbocycles. The maximum absolute atomic E-state index is 12.8. The van der Waals surface area contributed by atoms with Crippen LogP contribution in [-0.2, 0) is 4.74 Å². The minimum absolute atomic E-state index is 0.0423. The number of Topliss-reactive ketones (excluding diaryl/α,β-unsaturated/α-hetero) is 1. The first kappa shape index (κ1) is 14.9. The van der Waals surface area contributed by atoms with Crippen molar-refractivity contribution in [1.29, 1.82) is 0 Å². The predicted octanol–water partition coefficient (Wildman–Crippen LogP) is 3.24. The Bertz CT molecular complexity index is 475. The predicted molar refractivity (Wildman–Crippen MR) is 76.7 cm³/mol. The Hall–Kier alpha value is -1.55. The van der Waals surface area contributed by atoms with E-state index in [0.29, 0.717) is 17.1 Å². The van der Waals surface area contributed by atoms with E-state index in [1.165, 1.54) is 6.42 Å². The second-order valence-corrected chi connectivity index (χ2v) is 5.16. The molecule has 1 saturated carbocycles. The molecule has 4 heteroatoms. The normalized spacial score (nSPS) is 17.6. The van der Waals surface area contributed by atoms with Crippen LogP contribution in [0, 0.1) is 0 Å². The summed E-state index contributed by atoms with van der Waals surface area (Å²) < 4.78 is 16.1. The SMILES string of the molecule is COc1ccc(C(=O)C2(OC)CCCCC2)cc1OC. The van der Waals surface area contributed by atoms with Crippen LogP contribution in [-0.4, -0.2) is 32.7 Å². The highest BCUT2D eigenvalue weighted by molar-refractivity contribution is 6.03. The van der Waals surface area contributed by atoms with E-state index in [1.807, 2.05) is 0 Å². The quantitative estimate of drug-likeness (QED) is 0.776. The van der Waals surface area contributed by atoms with Gasteiger partial charge in [-0.1, -0.05) is 19.3 Å². The fourth-order valence-corrected chi connectivity index (χ4v) is 2.89. The van der Waals surface area contributed by atoms with E-state index in [1.54, 1.807) is 39.5 Å². The molecule has 0 spiro atoms. The van der Waals surface area contributed by atoms with Crippen LogP contribution in [0.1, 0.15) is 42.5 Å². The average Bonchev–Trinajstić information content (AvgIpc) is 2.54. The lowest BCUT2D eigenvalue weighted by Gasteiger charge is -2.34. The molecule has 1 fully saturated rings. The standard InChI is InChI=1S/C16H22O4/c1-18-13-8-7-12(11-14(13)19-2)15(17)16(20-3)9-5-4-6-10-16/h7-8,11H,4-6,9-10H2,1-3H3. The molecule has 0 unspecified atom stereocenters. The van der Waals surface area contributed by atoms with E-state index in [2.05, 4.69) is 0 Å². The third kappa shape index (κ3) is 2.66. The lowest BCUT2D eigenvalue weighted by atomic mass is 9.79. The summed E-state index contributed by atoms with van der Waals surface area (Å²) in [5.74, 6) is 1.24. The summed E-state index contributed by atoms with van der Waals surface area (Å²) in [5, 5.41) is 0. The lowest BCUT2D eigenvalue weighted by Crippen LogP contribution is -2.42. The van der Waals surface area contributed by atoms with Gasteiger partial charge in [0.1, 0.15) is 5.60 Å². The highest BCUT2D eigenvalue weighted by Crippen LogP contribution is 2.36. The number of methoxy groups -OCH3 is 3. The molecule has 0 aliphatic heterocycles. The zero-order chi connectivity index (χ0) is 14.6. The summed E-state index contributed by atoms with van der Waals surface area (Å²) in [6.45, 7) is 0. The summed E-state index contributed by atoms with van der Waals surface area (Å²) in [5.41, 5.74) is -0.0518. The number of hydrogen-bond donors (Lipinski definition) is 0. The average molecular weight is 278 g/mol. The van der Waals surface area contributed by atoms with Crippen molar-refractivity contribution in [2.45, 2.75) is 37.7 Å². The Kier molecular flexibility index (Phi) is 4.65. The zero-order valence-corrected chi connectivity index (χ0v) is 12.4. The van der Waals surface area contributed by atoms with Crippen LogP contribution in [0.3, 0.4) is 0 Å². The van der Waals surface area contributed by atoms with Crippen LogP contribution in [0.2, 0.25) is 0 Å². The molecule has 1 aromatic rings. The molecule has 0 aromatic heterocycles. The fourth-order valence-electron chi connectivity index (χ4n) is 2.89. The van der Waals surface area contributed by atoms with Gasteiger partial charge in [-0.15, -0.1) is 0 Å². The Labute approximate surface area is 120 Å². The zero-order valence-electron chi connectivity index (χ0n) is 12.4. The van der Waals surface area contributed by atoms with E-state index >= 15 is 0 Å². The van der Waals surface area contributed by atoms with Gasteiger partial charge in [0.15, 0.2) is 17.3 Å². The topological polar surface area (TPSA) is 44.8 Å². The van der Waals surface area contributed by atoms with Crippen molar-refractivity contribution < 1.29 is 19.0 Å². The minimum Gasteiger partial charge on any atom is -0.493 e. The van der Waals surface area contributed by atoms with Gasteiger partial charge in [0.25, 0.3) is 0 Å². The van der Waals surface area contributed by atoms with Crippen LogP contribution < -0.4 is 9.47 Å². The number of carbonyl (C=O) groups excluding carboxylic acids is 1. The minimum atomic E-state index is -0.669. The first-order valence-corrected chi connectivity index (χ1v) is 6.99. The molecule has 0 radical (unpaired) electrons. The molecule has 4 nitrogen and oxygen atoms in total. The van der Waals surface area contributed by atoms with Crippen molar-refractivity contribution in [2.24, 2.45) is 0 Å². The number of ether oxygens (including phenoxy) is 3. The van der Waals surface area contributed by atoms with Crippen LogP contribution >= 0.6 is 0 Å². The molecule has 20 heavy (non-hydrogen) atoms. The second-order valence-electron chi connectivity index (χ2n) is 5.16. The smallest absolute Gasteiger partial charge is 0.194 e. The molecule has 2 rings (SSSR count). The molecule has 0 N–H and O–H groups in total. The third-order valence-corrected chi connectivity index (χ3v) is 4.11. The monoisotopic (exact) mass is 278 g/mol. The van der Waals surface area contributed by atoms with Gasteiger partial charge in [-0.25, -0.2) is 0 Å². The van der Waals surface area contributed by atoms with Crippen molar-refractivity contribution in [3.8, 4) is 11.5 Å². The summed E-state index contributed by atoms with van der Waals surface area (Å²) >= 11 is 0. The van der Waals surface area contributed by atoms with Gasteiger partial charge < -0.3 is 14.2 Å². The maximum Gasteiger partial charge on any atom is 0.194 e. The summed E-state index contributed by atoms with van der Waals surface area (Å²) in [7, 11) is 4.78.